The Morgan fingerprint density at radius 1 is 1.13 bits per heavy atom. The van der Waals surface area contributed by atoms with Crippen molar-refractivity contribution in [3.8, 4) is 0 Å². The molecule has 23 heavy (non-hydrogen) atoms. The lowest BCUT2D eigenvalue weighted by Gasteiger charge is -2.24. The van der Waals surface area contributed by atoms with Crippen LogP contribution in [-0.2, 0) is 0 Å². The molecule has 8 heteroatoms. The molecule has 2 bridgehead atoms. The number of nitrogens with zero attached hydrogens (tertiary/aromatic N) is 1. The molecule has 2 aliphatic heterocycles. The van der Waals surface area contributed by atoms with E-state index < -0.39 is 5.51 Å². The molecule has 1 N–H and O–H groups in total. The topological polar surface area (TPSA) is 32.3 Å². The van der Waals surface area contributed by atoms with E-state index in [9.17, 15) is 18.0 Å². The van der Waals surface area contributed by atoms with Gasteiger partial charge in [0, 0.05) is 35.6 Å². The van der Waals surface area contributed by atoms with Gasteiger partial charge in [0.2, 0.25) is 0 Å². The minimum Gasteiger partial charge on any atom is -0.337 e. The van der Waals surface area contributed by atoms with Crippen molar-refractivity contribution in [1.82, 2.24) is 10.2 Å². The number of hydrogen-bond donors (Lipinski definition) is 1. The van der Waals surface area contributed by atoms with E-state index in [0.29, 0.717) is 30.7 Å². The van der Waals surface area contributed by atoms with Gasteiger partial charge in [0.05, 0.1) is 0 Å². The largest absolute Gasteiger partial charge is 0.446 e. The average Bonchev–Trinajstić information content (AvgIpc) is 2.77. The van der Waals surface area contributed by atoms with Crippen molar-refractivity contribution in [2.75, 3.05) is 13.1 Å². The molecule has 1 amide bonds. The molecule has 2 saturated heterocycles. The van der Waals surface area contributed by atoms with Gasteiger partial charge in [0.25, 0.3) is 5.91 Å². The number of rotatable bonds is 2. The Morgan fingerprint density at radius 2 is 1.78 bits per heavy atom. The van der Waals surface area contributed by atoms with E-state index >= 15 is 0 Å². The number of likely N-dealkylation sites (tertiary alicyclic amines) is 1. The van der Waals surface area contributed by atoms with Crippen LogP contribution in [0.25, 0.3) is 0 Å². The summed E-state index contributed by atoms with van der Waals surface area (Å²) in [5.74, 6) is -0.0992. The molecule has 3 nitrogen and oxygen atoms in total. The number of nitrogens with one attached hydrogen (secondary N) is 1. The Hall–Kier alpha value is -0.920. The van der Waals surface area contributed by atoms with Crippen molar-refractivity contribution >= 4 is 30.1 Å². The molecule has 3 rings (SSSR count). The molecule has 0 saturated carbocycles. The number of halogens is 4. The Balaban J connectivity index is 0.00000192. The van der Waals surface area contributed by atoms with Gasteiger partial charge in [-0.25, -0.2) is 0 Å². The average molecular weight is 367 g/mol. The lowest BCUT2D eigenvalue weighted by Crippen LogP contribution is -2.39. The van der Waals surface area contributed by atoms with Crippen LogP contribution in [0.2, 0.25) is 0 Å². The molecular formula is C15H18ClF3N2OS. The van der Waals surface area contributed by atoms with Crippen LogP contribution in [0.3, 0.4) is 0 Å². The zero-order valence-electron chi connectivity index (χ0n) is 12.3. The molecule has 2 heterocycles. The summed E-state index contributed by atoms with van der Waals surface area (Å²) in [4.78, 5) is 14.4. The monoisotopic (exact) mass is 366 g/mol. The lowest BCUT2D eigenvalue weighted by atomic mass is 10.1. The Labute approximate surface area is 143 Å². The highest BCUT2D eigenvalue weighted by molar-refractivity contribution is 8.00. The highest BCUT2D eigenvalue weighted by Crippen LogP contribution is 2.36. The molecule has 2 fully saturated rings. The first-order chi connectivity index (χ1) is 10.4. The van der Waals surface area contributed by atoms with E-state index in [1.54, 1.807) is 0 Å². The van der Waals surface area contributed by atoms with Crippen LogP contribution in [0.15, 0.2) is 29.2 Å². The minimum atomic E-state index is -4.30. The number of alkyl halides is 3. The zero-order valence-corrected chi connectivity index (χ0v) is 13.9. The van der Waals surface area contributed by atoms with E-state index in [0.717, 1.165) is 19.3 Å². The maximum atomic E-state index is 12.5. The van der Waals surface area contributed by atoms with Gasteiger partial charge in [0.1, 0.15) is 0 Å². The van der Waals surface area contributed by atoms with Crippen molar-refractivity contribution in [2.45, 2.75) is 41.7 Å². The molecule has 2 aliphatic rings. The van der Waals surface area contributed by atoms with Crippen molar-refractivity contribution in [1.29, 1.82) is 0 Å². The normalized spacial score (nSPS) is 24.0. The summed E-state index contributed by atoms with van der Waals surface area (Å²) >= 11 is -0.165. The molecule has 0 aliphatic carbocycles. The summed E-state index contributed by atoms with van der Waals surface area (Å²) in [6, 6.07) is 6.51. The van der Waals surface area contributed by atoms with Crippen LogP contribution in [0, 0.1) is 0 Å². The summed E-state index contributed by atoms with van der Waals surface area (Å²) in [5, 5.41) is 3.50. The lowest BCUT2D eigenvalue weighted by molar-refractivity contribution is -0.0328. The Morgan fingerprint density at radius 3 is 2.43 bits per heavy atom. The molecule has 2 atom stereocenters. The number of thioether (sulfide) groups is 1. The Kier molecular flexibility index (Phi) is 5.86. The van der Waals surface area contributed by atoms with E-state index in [1.807, 2.05) is 4.90 Å². The van der Waals surface area contributed by atoms with Crippen LogP contribution >= 0.6 is 24.2 Å². The van der Waals surface area contributed by atoms with Gasteiger partial charge in [-0.15, -0.1) is 12.4 Å². The van der Waals surface area contributed by atoms with E-state index in [1.165, 1.54) is 24.3 Å². The van der Waals surface area contributed by atoms with Crippen LogP contribution in [0.1, 0.15) is 29.6 Å². The summed E-state index contributed by atoms with van der Waals surface area (Å²) < 4.78 is 36.9. The number of amides is 1. The molecule has 1 aromatic rings. The predicted molar refractivity (Wildman–Crippen MR) is 86.1 cm³/mol. The molecule has 1 aromatic carbocycles. The van der Waals surface area contributed by atoms with Gasteiger partial charge < -0.3 is 10.2 Å². The highest BCUT2D eigenvalue weighted by atomic mass is 35.5. The van der Waals surface area contributed by atoms with Crippen molar-refractivity contribution in [2.24, 2.45) is 0 Å². The van der Waals surface area contributed by atoms with Gasteiger partial charge in [-0.05, 0) is 55.3 Å². The molecule has 0 radical (unpaired) electrons. The third-order valence-corrected chi connectivity index (χ3v) is 4.88. The van der Waals surface area contributed by atoms with Gasteiger partial charge in [-0.3, -0.25) is 4.79 Å². The number of carbonyl (C=O) groups excluding carboxylic acids is 1. The van der Waals surface area contributed by atoms with Crippen LogP contribution in [0.5, 0.6) is 0 Å². The van der Waals surface area contributed by atoms with E-state index in [2.05, 4.69) is 5.32 Å². The Bertz CT molecular complexity index is 553. The zero-order chi connectivity index (χ0) is 15.7. The second-order valence-corrected chi connectivity index (χ2v) is 6.89. The predicted octanol–water partition coefficient (Wildman–Crippen LogP) is 3.69. The van der Waals surface area contributed by atoms with Crippen LogP contribution in [0.4, 0.5) is 13.2 Å². The standard InChI is InChI=1S/C15H17F3N2OS.ClH/c16-15(17,18)22-13-5-1-10(2-6-13)14(21)20-8-7-11-3-4-12(9-20)19-11;/h1-2,5-6,11-12,19H,3-4,7-9H2;1H. The first-order valence-electron chi connectivity index (χ1n) is 7.32. The molecular weight excluding hydrogens is 349 g/mol. The summed E-state index contributed by atoms with van der Waals surface area (Å²) in [6.07, 6.45) is 3.18. The number of hydrogen-bond acceptors (Lipinski definition) is 3. The summed E-state index contributed by atoms with van der Waals surface area (Å²) in [7, 11) is 0. The molecule has 128 valence electrons. The number of carbonyl (C=O) groups is 1. The third kappa shape index (κ3) is 4.78. The highest BCUT2D eigenvalue weighted by Gasteiger charge is 2.32. The maximum Gasteiger partial charge on any atom is 0.446 e. The fourth-order valence-corrected chi connectivity index (χ4v) is 3.65. The quantitative estimate of drug-likeness (QED) is 0.810. The number of fused-ring (bicyclic) bond motifs is 2. The molecule has 2 unspecified atom stereocenters. The number of benzene rings is 1. The van der Waals surface area contributed by atoms with Gasteiger partial charge in [0.15, 0.2) is 0 Å². The minimum absolute atomic E-state index is 0. The van der Waals surface area contributed by atoms with Gasteiger partial charge >= 0.3 is 5.51 Å². The molecule has 0 spiro atoms. The third-order valence-electron chi connectivity index (χ3n) is 4.15. The van der Waals surface area contributed by atoms with Crippen molar-refractivity contribution < 1.29 is 18.0 Å². The van der Waals surface area contributed by atoms with Crippen molar-refractivity contribution in [3.05, 3.63) is 29.8 Å². The first-order valence-corrected chi connectivity index (χ1v) is 8.13. The summed E-state index contributed by atoms with van der Waals surface area (Å²) in [6.45, 7) is 1.38. The second-order valence-electron chi connectivity index (χ2n) is 5.75. The van der Waals surface area contributed by atoms with Crippen molar-refractivity contribution in [3.63, 3.8) is 0 Å². The summed E-state index contributed by atoms with van der Waals surface area (Å²) in [5.41, 5.74) is -3.86. The fraction of sp³-hybridized carbons (Fsp3) is 0.533. The van der Waals surface area contributed by atoms with Gasteiger partial charge in [-0.2, -0.15) is 13.2 Å². The SMILES string of the molecule is Cl.O=C(c1ccc(SC(F)(F)F)cc1)N1CCC2CCC(C1)N2. The van der Waals surface area contributed by atoms with Gasteiger partial charge in [-0.1, -0.05) is 0 Å². The first kappa shape index (κ1) is 18.4. The fourth-order valence-electron chi connectivity index (χ4n) is 3.11. The molecule has 0 aromatic heterocycles. The second kappa shape index (κ2) is 7.32. The van der Waals surface area contributed by atoms with Crippen LogP contribution in [-0.4, -0.2) is 41.5 Å². The maximum absolute atomic E-state index is 12.5. The van der Waals surface area contributed by atoms with E-state index in [-0.39, 0.29) is 35.0 Å². The van der Waals surface area contributed by atoms with E-state index in [4.69, 9.17) is 0 Å². The smallest absolute Gasteiger partial charge is 0.337 e. The van der Waals surface area contributed by atoms with Crippen LogP contribution < -0.4 is 5.32 Å².